The molecule has 0 fully saturated rings. The number of carbonyl (C=O) groups is 1. The second kappa shape index (κ2) is 5.07. The van der Waals surface area contributed by atoms with E-state index in [-0.39, 0.29) is 38.5 Å². The number of thiol groups is 1. The van der Waals surface area contributed by atoms with Gasteiger partial charge in [-0.15, -0.1) is 24.3 Å². The van der Waals surface area contributed by atoms with Gasteiger partial charge >= 0.3 is 0 Å². The zero-order valence-corrected chi connectivity index (χ0v) is 9.90. The Kier molecular flexibility index (Phi) is 5.23. The molecule has 1 rings (SSSR count). The zero-order valence-electron chi connectivity index (χ0n) is 6.16. The smallest absolute Gasteiger partial charge is 0.0766 e. The molecule has 1 nitrogen and oxygen atoms in total. The van der Waals surface area contributed by atoms with Gasteiger partial charge in [0.1, 0.15) is 0 Å². The van der Waals surface area contributed by atoms with Gasteiger partial charge in [-0.05, 0) is 6.92 Å². The number of hydrogen-bond acceptors (Lipinski definition) is 2. The molecule has 0 heterocycles. The summed E-state index contributed by atoms with van der Waals surface area (Å²) in [6.07, 6.45) is 0. The third-order valence-corrected chi connectivity index (χ3v) is 1.56. The standard InChI is InChI=1S/C8H7OS.Y/c1-6(9)7-4-2-3-5-8(7)10;/h2-3,5,10H,1H3;/q-1;. The molecule has 0 spiro atoms. The third kappa shape index (κ3) is 3.06. The molecule has 0 aromatic heterocycles. The monoisotopic (exact) mass is 240 g/mol. The molecule has 0 atom stereocenters. The average molecular weight is 240 g/mol. The van der Waals surface area contributed by atoms with Crippen molar-refractivity contribution in [3.05, 3.63) is 29.8 Å². The molecule has 3 heteroatoms. The van der Waals surface area contributed by atoms with E-state index in [0.717, 1.165) is 0 Å². The van der Waals surface area contributed by atoms with Crippen molar-refractivity contribution in [3.63, 3.8) is 0 Å². The minimum atomic E-state index is 0. The van der Waals surface area contributed by atoms with Gasteiger partial charge in [0.25, 0.3) is 0 Å². The van der Waals surface area contributed by atoms with Gasteiger partial charge in [-0.3, -0.25) is 0 Å². The van der Waals surface area contributed by atoms with Gasteiger partial charge in [0.15, 0.2) is 0 Å². The summed E-state index contributed by atoms with van der Waals surface area (Å²) >= 11 is 4.09. The quantitative estimate of drug-likeness (QED) is 0.451. The van der Waals surface area contributed by atoms with Gasteiger partial charge in [0.05, 0.1) is 5.78 Å². The fraction of sp³-hybridized carbons (Fsp3) is 0.125. The van der Waals surface area contributed by atoms with Crippen molar-refractivity contribution in [3.8, 4) is 0 Å². The summed E-state index contributed by atoms with van der Waals surface area (Å²) in [5, 5.41) is 0. The van der Waals surface area contributed by atoms with Crippen molar-refractivity contribution in [1.82, 2.24) is 0 Å². The van der Waals surface area contributed by atoms with Crippen molar-refractivity contribution in [2.45, 2.75) is 11.8 Å². The molecule has 0 saturated heterocycles. The first-order chi connectivity index (χ1) is 4.72. The fourth-order valence-electron chi connectivity index (χ4n) is 0.710. The number of benzene rings is 1. The maximum Gasteiger partial charge on any atom is 0.0766 e. The Bertz CT molecular complexity index is 260. The molecule has 0 aliphatic heterocycles. The van der Waals surface area contributed by atoms with Crippen LogP contribution in [-0.2, 0) is 32.7 Å². The molecule has 0 amide bonds. The van der Waals surface area contributed by atoms with E-state index in [4.69, 9.17) is 0 Å². The van der Waals surface area contributed by atoms with E-state index in [2.05, 4.69) is 18.7 Å². The summed E-state index contributed by atoms with van der Waals surface area (Å²) in [5.41, 5.74) is 0.561. The van der Waals surface area contributed by atoms with E-state index in [1.165, 1.54) is 6.92 Å². The number of Topliss-reactive ketones (excluding diaryl/α,β-unsaturated/α-hetero) is 1. The summed E-state index contributed by atoms with van der Waals surface area (Å²) in [7, 11) is 0. The van der Waals surface area contributed by atoms with Crippen LogP contribution in [0.1, 0.15) is 17.3 Å². The fourth-order valence-corrected chi connectivity index (χ4v) is 1.02. The molecular formula is C8H7OSY-. The van der Waals surface area contributed by atoms with Gasteiger partial charge < -0.3 is 4.79 Å². The molecule has 1 radical (unpaired) electrons. The van der Waals surface area contributed by atoms with Crippen LogP contribution in [0.5, 0.6) is 0 Å². The second-order valence-electron chi connectivity index (χ2n) is 1.99. The Hall–Kier alpha value is 0.344. The summed E-state index contributed by atoms with van der Waals surface area (Å²) in [5.74, 6) is 0.00519. The maximum atomic E-state index is 10.8. The molecular weight excluding hydrogens is 233 g/mol. The zero-order chi connectivity index (χ0) is 7.56. The van der Waals surface area contributed by atoms with Crippen molar-refractivity contribution in [2.24, 2.45) is 0 Å². The van der Waals surface area contributed by atoms with Crippen LogP contribution in [0.15, 0.2) is 23.1 Å². The largest absolute Gasteiger partial charge is 0.352 e. The van der Waals surface area contributed by atoms with Crippen LogP contribution in [-0.4, -0.2) is 5.78 Å². The molecule has 55 valence electrons. The topological polar surface area (TPSA) is 17.1 Å². The SMILES string of the molecule is CC(=O)c1[c-]cccc1S.[Y]. The van der Waals surface area contributed by atoms with Crippen LogP contribution >= 0.6 is 12.6 Å². The van der Waals surface area contributed by atoms with Crippen molar-refractivity contribution in [1.29, 1.82) is 0 Å². The molecule has 0 bridgehead atoms. The van der Waals surface area contributed by atoms with Gasteiger partial charge in [-0.25, -0.2) is 0 Å². The van der Waals surface area contributed by atoms with Crippen LogP contribution in [0.25, 0.3) is 0 Å². The second-order valence-corrected chi connectivity index (χ2v) is 2.47. The maximum absolute atomic E-state index is 10.8. The van der Waals surface area contributed by atoms with Gasteiger partial charge in [0.2, 0.25) is 0 Å². The van der Waals surface area contributed by atoms with E-state index in [1.54, 1.807) is 18.2 Å². The predicted octanol–water partition coefficient (Wildman–Crippen LogP) is 1.98. The first kappa shape index (κ1) is 11.3. The van der Waals surface area contributed by atoms with E-state index in [1.807, 2.05) is 0 Å². The number of carbonyl (C=O) groups excluding carboxylic acids is 1. The summed E-state index contributed by atoms with van der Waals surface area (Å²) in [4.78, 5) is 11.5. The Balaban J connectivity index is 0.000001000. The Morgan fingerprint density at radius 1 is 1.64 bits per heavy atom. The average Bonchev–Trinajstić information content (AvgIpc) is 1.88. The van der Waals surface area contributed by atoms with Crippen molar-refractivity contribution < 1.29 is 37.5 Å². The Labute approximate surface area is 96.9 Å². The number of ketones is 1. The van der Waals surface area contributed by atoms with Gasteiger partial charge in [-0.1, -0.05) is 10.5 Å². The minimum Gasteiger partial charge on any atom is -0.352 e. The molecule has 0 saturated carbocycles. The van der Waals surface area contributed by atoms with Crippen LogP contribution in [0, 0.1) is 6.07 Å². The molecule has 1 aromatic carbocycles. The first-order valence-electron chi connectivity index (χ1n) is 2.92. The summed E-state index contributed by atoms with van der Waals surface area (Å²) < 4.78 is 0. The van der Waals surface area contributed by atoms with E-state index in [9.17, 15) is 4.79 Å². The van der Waals surface area contributed by atoms with Crippen LogP contribution in [0.2, 0.25) is 0 Å². The van der Waals surface area contributed by atoms with Gasteiger partial charge in [0, 0.05) is 32.7 Å². The van der Waals surface area contributed by atoms with E-state index < -0.39 is 0 Å². The van der Waals surface area contributed by atoms with Crippen LogP contribution in [0.3, 0.4) is 0 Å². The molecule has 0 N–H and O–H groups in total. The van der Waals surface area contributed by atoms with Crippen LogP contribution < -0.4 is 0 Å². The Morgan fingerprint density at radius 3 is 2.64 bits per heavy atom. The van der Waals surface area contributed by atoms with Crippen molar-refractivity contribution in [2.75, 3.05) is 0 Å². The molecule has 0 aliphatic rings. The third-order valence-electron chi connectivity index (χ3n) is 1.19. The van der Waals surface area contributed by atoms with Gasteiger partial charge in [-0.2, -0.15) is 12.6 Å². The molecule has 11 heavy (non-hydrogen) atoms. The van der Waals surface area contributed by atoms with E-state index in [0.29, 0.717) is 10.5 Å². The summed E-state index contributed by atoms with van der Waals surface area (Å²) in [6, 6.07) is 8.09. The normalized spacial score (nSPS) is 8.55. The first-order valence-corrected chi connectivity index (χ1v) is 3.37. The Morgan fingerprint density at radius 2 is 2.27 bits per heavy atom. The summed E-state index contributed by atoms with van der Waals surface area (Å²) in [6.45, 7) is 1.51. The van der Waals surface area contributed by atoms with E-state index >= 15 is 0 Å². The molecule has 0 unspecified atom stereocenters. The van der Waals surface area contributed by atoms with Crippen molar-refractivity contribution >= 4 is 18.4 Å². The molecule has 0 aliphatic carbocycles. The number of hydrogen-bond donors (Lipinski definition) is 1. The minimum absolute atomic E-state index is 0. The van der Waals surface area contributed by atoms with Crippen LogP contribution in [0.4, 0.5) is 0 Å². The predicted molar refractivity (Wildman–Crippen MR) is 42.5 cm³/mol. The molecule has 1 aromatic rings. The number of rotatable bonds is 1.